The quantitative estimate of drug-likeness (QED) is 0.635. The molecule has 0 radical (unpaired) electrons. The fourth-order valence-electron chi connectivity index (χ4n) is 2.45. The van der Waals surface area contributed by atoms with Gasteiger partial charge in [-0.15, -0.1) is 0 Å². The van der Waals surface area contributed by atoms with Crippen LogP contribution < -0.4 is 0 Å². The molecule has 1 saturated carbocycles. The molecule has 0 aliphatic heterocycles. The van der Waals surface area contributed by atoms with E-state index in [4.69, 9.17) is 0 Å². The first-order valence-corrected chi connectivity index (χ1v) is 11.3. The second-order valence-corrected chi connectivity index (χ2v) is 9.00. The summed E-state index contributed by atoms with van der Waals surface area (Å²) in [5.41, 5.74) is -0.497. The topological polar surface area (TPSA) is 129 Å². The van der Waals surface area contributed by atoms with Crippen LogP contribution in [-0.2, 0) is 33.6 Å². The SMILES string of the molecule is O=C1CCCC(=N/OS(=O)(=O)c2ccccc2)/C1=N/OS(=O)(=O)c1ccccc1. The van der Waals surface area contributed by atoms with Crippen LogP contribution in [0.25, 0.3) is 0 Å². The highest BCUT2D eigenvalue weighted by Crippen LogP contribution is 2.17. The van der Waals surface area contributed by atoms with E-state index in [1.807, 2.05) is 0 Å². The van der Waals surface area contributed by atoms with Gasteiger partial charge in [-0.05, 0) is 37.1 Å². The first-order valence-electron chi connectivity index (χ1n) is 8.45. The van der Waals surface area contributed by atoms with Crippen molar-refractivity contribution in [3.8, 4) is 0 Å². The summed E-state index contributed by atoms with van der Waals surface area (Å²) in [6.45, 7) is 0. The summed E-state index contributed by atoms with van der Waals surface area (Å²) in [5.74, 6) is -0.529. The molecule has 2 aromatic rings. The number of hydrogen-bond donors (Lipinski definition) is 0. The molecule has 0 unspecified atom stereocenters. The summed E-state index contributed by atoms with van der Waals surface area (Å²) in [5, 5.41) is 6.98. The highest BCUT2D eigenvalue weighted by Gasteiger charge is 2.28. The first kappa shape index (κ1) is 20.7. The Labute approximate surface area is 167 Å². The molecule has 1 aliphatic rings. The highest BCUT2D eigenvalue weighted by molar-refractivity contribution is 7.87. The van der Waals surface area contributed by atoms with E-state index in [0.29, 0.717) is 6.42 Å². The maximum Gasteiger partial charge on any atom is 0.358 e. The molecule has 3 rings (SSSR count). The summed E-state index contributed by atoms with van der Waals surface area (Å²) in [6, 6.07) is 14.6. The summed E-state index contributed by atoms with van der Waals surface area (Å²) < 4.78 is 58.0. The van der Waals surface area contributed by atoms with Crippen LogP contribution in [0, 0.1) is 0 Å². The van der Waals surface area contributed by atoms with E-state index in [0.717, 1.165) is 0 Å². The van der Waals surface area contributed by atoms with Crippen molar-refractivity contribution < 1.29 is 30.2 Å². The zero-order valence-electron chi connectivity index (χ0n) is 15.0. The van der Waals surface area contributed by atoms with Crippen molar-refractivity contribution >= 4 is 37.4 Å². The Morgan fingerprint density at radius 2 is 1.17 bits per heavy atom. The number of Topliss-reactive ketones (excluding diaryl/α,β-unsaturated/α-hetero) is 1. The standard InChI is InChI=1S/C18H16N2O7S2/c21-17-13-7-12-16(19-26-28(22,23)14-8-3-1-4-9-14)18(17)20-27-29(24,25)15-10-5-2-6-11-15/h1-6,8-11H,7,12-13H2/b19-16-,20-18-. The molecule has 0 aromatic heterocycles. The number of nitrogens with zero attached hydrogens (tertiary/aromatic N) is 2. The third-order valence-corrected chi connectivity index (χ3v) is 6.13. The lowest BCUT2D eigenvalue weighted by Gasteiger charge is -2.13. The minimum Gasteiger partial charge on any atom is -0.292 e. The van der Waals surface area contributed by atoms with Crippen LogP contribution in [0.2, 0.25) is 0 Å². The number of benzene rings is 2. The minimum atomic E-state index is -4.25. The third kappa shape index (κ3) is 5.06. The maximum atomic E-state index is 12.2. The maximum absolute atomic E-state index is 12.2. The van der Waals surface area contributed by atoms with Crippen LogP contribution in [0.3, 0.4) is 0 Å². The largest absolute Gasteiger partial charge is 0.358 e. The van der Waals surface area contributed by atoms with Crippen LogP contribution in [-0.4, -0.2) is 34.0 Å². The van der Waals surface area contributed by atoms with Crippen LogP contribution in [0.15, 0.2) is 80.8 Å². The van der Waals surface area contributed by atoms with Crippen molar-refractivity contribution in [1.82, 2.24) is 0 Å². The average molecular weight is 436 g/mol. The van der Waals surface area contributed by atoms with Gasteiger partial charge in [0.25, 0.3) is 0 Å². The lowest BCUT2D eigenvalue weighted by atomic mass is 9.95. The van der Waals surface area contributed by atoms with Crippen molar-refractivity contribution in [1.29, 1.82) is 0 Å². The molecule has 0 spiro atoms. The zero-order chi connectivity index (χ0) is 20.9. The molecule has 0 amide bonds. The normalized spacial score (nSPS) is 18.0. The molecular formula is C18H16N2O7S2. The summed E-state index contributed by atoms with van der Waals surface area (Å²) in [6.07, 6.45) is 0.651. The molecule has 0 bridgehead atoms. The van der Waals surface area contributed by atoms with E-state index in [1.165, 1.54) is 48.5 Å². The number of rotatable bonds is 6. The molecule has 9 nitrogen and oxygen atoms in total. The Kier molecular flexibility index (Phi) is 6.09. The van der Waals surface area contributed by atoms with E-state index < -0.39 is 26.0 Å². The van der Waals surface area contributed by atoms with Crippen molar-refractivity contribution in [2.24, 2.45) is 10.3 Å². The van der Waals surface area contributed by atoms with Crippen LogP contribution in [0.5, 0.6) is 0 Å². The van der Waals surface area contributed by atoms with E-state index in [2.05, 4.69) is 18.9 Å². The van der Waals surface area contributed by atoms with Crippen LogP contribution in [0.4, 0.5) is 0 Å². The molecule has 0 N–H and O–H groups in total. The van der Waals surface area contributed by atoms with Crippen molar-refractivity contribution in [3.63, 3.8) is 0 Å². The minimum absolute atomic E-state index is 0.0953. The van der Waals surface area contributed by atoms with E-state index in [-0.39, 0.29) is 34.1 Å². The van der Waals surface area contributed by atoms with Gasteiger partial charge in [0.2, 0.25) is 0 Å². The van der Waals surface area contributed by atoms with Crippen LogP contribution >= 0.6 is 0 Å². The van der Waals surface area contributed by atoms with Gasteiger partial charge in [0.15, 0.2) is 11.5 Å². The molecule has 1 aliphatic carbocycles. The number of carbonyl (C=O) groups excluding carboxylic acids is 1. The predicted octanol–water partition coefficient (Wildman–Crippen LogP) is 2.26. The van der Waals surface area contributed by atoms with Gasteiger partial charge in [0.05, 0.1) is 0 Å². The van der Waals surface area contributed by atoms with Gasteiger partial charge in [-0.25, -0.2) is 0 Å². The van der Waals surface area contributed by atoms with E-state index in [1.54, 1.807) is 12.1 Å². The lowest BCUT2D eigenvalue weighted by Crippen LogP contribution is -2.30. The average Bonchev–Trinajstić information content (AvgIpc) is 2.73. The molecule has 29 heavy (non-hydrogen) atoms. The summed E-state index contributed by atoms with van der Waals surface area (Å²) in [7, 11) is -8.45. The van der Waals surface area contributed by atoms with E-state index >= 15 is 0 Å². The predicted molar refractivity (Wildman–Crippen MR) is 103 cm³/mol. The number of hydrogen-bond acceptors (Lipinski definition) is 9. The van der Waals surface area contributed by atoms with Gasteiger partial charge in [0.1, 0.15) is 15.5 Å². The zero-order valence-corrected chi connectivity index (χ0v) is 16.6. The van der Waals surface area contributed by atoms with Gasteiger partial charge in [-0.3, -0.25) is 13.4 Å². The van der Waals surface area contributed by atoms with Gasteiger partial charge >= 0.3 is 20.2 Å². The Morgan fingerprint density at radius 1 is 0.690 bits per heavy atom. The molecule has 152 valence electrons. The van der Waals surface area contributed by atoms with E-state index in [9.17, 15) is 21.6 Å². The van der Waals surface area contributed by atoms with Gasteiger partial charge in [0, 0.05) is 6.42 Å². The highest BCUT2D eigenvalue weighted by atomic mass is 32.2. The Balaban J connectivity index is 1.85. The second-order valence-electron chi connectivity index (χ2n) is 5.94. The monoisotopic (exact) mass is 436 g/mol. The number of oxime groups is 2. The molecule has 1 fully saturated rings. The lowest BCUT2D eigenvalue weighted by molar-refractivity contribution is -0.113. The molecule has 0 heterocycles. The Morgan fingerprint density at radius 3 is 1.69 bits per heavy atom. The van der Waals surface area contributed by atoms with Gasteiger partial charge < -0.3 is 0 Å². The molecule has 2 aromatic carbocycles. The first-order chi connectivity index (χ1) is 13.8. The third-order valence-electron chi connectivity index (χ3n) is 3.89. The summed E-state index contributed by atoms with van der Waals surface area (Å²) in [4.78, 5) is 11.9. The van der Waals surface area contributed by atoms with Crippen molar-refractivity contribution in [3.05, 3.63) is 60.7 Å². The second kappa shape index (κ2) is 8.53. The van der Waals surface area contributed by atoms with Crippen molar-refractivity contribution in [2.45, 2.75) is 29.1 Å². The fourth-order valence-corrected chi connectivity index (χ4v) is 3.96. The Hall–Kier alpha value is -3.05. The molecule has 0 saturated heterocycles. The van der Waals surface area contributed by atoms with Crippen LogP contribution in [0.1, 0.15) is 19.3 Å². The molecule has 11 heteroatoms. The fraction of sp³-hybridized carbons (Fsp3) is 0.167. The molecular weight excluding hydrogens is 420 g/mol. The van der Waals surface area contributed by atoms with Crippen molar-refractivity contribution in [2.75, 3.05) is 0 Å². The number of carbonyl (C=O) groups is 1. The summed E-state index contributed by atoms with van der Waals surface area (Å²) >= 11 is 0. The van der Waals surface area contributed by atoms with Gasteiger partial charge in [-0.2, -0.15) is 16.8 Å². The number of ketones is 1. The smallest absolute Gasteiger partial charge is 0.292 e. The Bertz CT molecular complexity index is 1160. The van der Waals surface area contributed by atoms with Gasteiger partial charge in [-0.1, -0.05) is 46.7 Å². The molecule has 0 atom stereocenters.